The van der Waals surface area contributed by atoms with E-state index in [0.29, 0.717) is 30.8 Å². The predicted molar refractivity (Wildman–Crippen MR) is 75.2 cm³/mol. The van der Waals surface area contributed by atoms with Crippen molar-refractivity contribution in [3.63, 3.8) is 0 Å². The monoisotopic (exact) mass is 325 g/mol. The number of fused-ring (bicyclic) bond motifs is 1. The second-order valence-electron chi connectivity index (χ2n) is 5.54. The Kier molecular flexibility index (Phi) is 3.85. The molecule has 0 amide bonds. The van der Waals surface area contributed by atoms with Crippen LogP contribution in [0.5, 0.6) is 0 Å². The average Bonchev–Trinajstić information content (AvgIpc) is 2.82. The van der Waals surface area contributed by atoms with E-state index in [2.05, 4.69) is 5.10 Å². The highest BCUT2D eigenvalue weighted by Gasteiger charge is 2.27. The Balaban J connectivity index is 2.18. The minimum Gasteiger partial charge on any atom is -0.480 e. The summed E-state index contributed by atoms with van der Waals surface area (Å²) >= 11 is 0. The highest BCUT2D eigenvalue weighted by molar-refractivity contribution is 5.69. The van der Waals surface area contributed by atoms with Gasteiger partial charge < -0.3 is 10.0 Å². The van der Waals surface area contributed by atoms with Crippen LogP contribution in [0.2, 0.25) is 0 Å². The van der Waals surface area contributed by atoms with Crippen LogP contribution in [0.1, 0.15) is 11.3 Å². The Bertz CT molecular complexity index is 789. The zero-order valence-corrected chi connectivity index (χ0v) is 12.3. The molecule has 0 spiro atoms. The normalized spacial score (nSPS) is 14.8. The first-order chi connectivity index (χ1) is 10.9. The van der Waals surface area contributed by atoms with Gasteiger partial charge in [-0.3, -0.25) is 9.48 Å². The summed E-state index contributed by atoms with van der Waals surface area (Å²) in [4.78, 5) is 12.9. The second-order valence-corrected chi connectivity index (χ2v) is 5.54. The van der Waals surface area contributed by atoms with E-state index in [1.807, 2.05) is 11.9 Å². The van der Waals surface area contributed by atoms with E-state index in [1.54, 1.807) is 0 Å². The lowest BCUT2D eigenvalue weighted by Gasteiger charge is -2.23. The van der Waals surface area contributed by atoms with Crippen LogP contribution in [-0.2, 0) is 24.3 Å². The maximum atomic E-state index is 14.1. The summed E-state index contributed by atoms with van der Waals surface area (Å²) in [5, 5.41) is 13.1. The van der Waals surface area contributed by atoms with Gasteiger partial charge in [0.2, 0.25) is 0 Å². The first-order valence-corrected chi connectivity index (χ1v) is 7.01. The quantitative estimate of drug-likeness (QED) is 0.878. The maximum Gasteiger partial charge on any atom is 0.325 e. The molecule has 8 heteroatoms. The molecule has 2 aromatic rings. The summed E-state index contributed by atoms with van der Waals surface area (Å²) in [6.07, 6.45) is 0.553. The van der Waals surface area contributed by atoms with Gasteiger partial charge in [0.05, 0.1) is 0 Å². The van der Waals surface area contributed by atoms with Gasteiger partial charge in [-0.1, -0.05) is 0 Å². The van der Waals surface area contributed by atoms with Gasteiger partial charge in [-0.2, -0.15) is 5.10 Å². The molecule has 1 aromatic carbocycles. The molecule has 0 saturated carbocycles. The number of aliphatic carboxylic acids is 1. The van der Waals surface area contributed by atoms with E-state index >= 15 is 0 Å². The van der Waals surface area contributed by atoms with Gasteiger partial charge in [-0.25, -0.2) is 13.2 Å². The first kappa shape index (κ1) is 15.5. The molecule has 1 aromatic heterocycles. The molecule has 0 bridgehead atoms. The van der Waals surface area contributed by atoms with E-state index in [-0.39, 0.29) is 17.8 Å². The summed E-state index contributed by atoms with van der Waals surface area (Å²) in [6, 6.07) is 1.96. The number of carboxylic acids is 1. The fourth-order valence-corrected chi connectivity index (χ4v) is 2.81. The second kappa shape index (κ2) is 5.69. The highest BCUT2D eigenvalue weighted by Crippen LogP contribution is 2.32. The molecule has 0 radical (unpaired) electrons. The minimum atomic E-state index is -1.56. The summed E-state index contributed by atoms with van der Waals surface area (Å²) in [6.45, 7) is 0.776. The summed E-state index contributed by atoms with van der Waals surface area (Å²) in [5.74, 6) is -5.23. The lowest BCUT2D eigenvalue weighted by Crippen LogP contribution is -2.28. The van der Waals surface area contributed by atoms with Gasteiger partial charge in [0.25, 0.3) is 0 Å². The van der Waals surface area contributed by atoms with Gasteiger partial charge in [0, 0.05) is 36.3 Å². The Hall–Kier alpha value is -2.35. The standard InChI is InChI=1S/C15H14F3N3O2/c1-20-5-4-11-9(6-20)15(19-21(11)7-12(22)23)8-2-3-10(16)14(18)13(8)17/h2-3H,4-7H2,1H3,(H,22,23). The van der Waals surface area contributed by atoms with Crippen LogP contribution >= 0.6 is 0 Å². The fourth-order valence-electron chi connectivity index (χ4n) is 2.81. The molecule has 0 atom stereocenters. The Morgan fingerprint density at radius 1 is 1.30 bits per heavy atom. The SMILES string of the molecule is CN1CCc2c(c(-c3ccc(F)c(F)c3F)nn2CC(=O)O)C1. The third kappa shape index (κ3) is 2.70. The number of carboxylic acid groups (broad SMARTS) is 1. The molecule has 1 aliphatic rings. The smallest absolute Gasteiger partial charge is 0.325 e. The number of rotatable bonds is 3. The summed E-state index contributed by atoms with van der Waals surface area (Å²) in [5.41, 5.74) is 1.32. The van der Waals surface area contributed by atoms with Crippen LogP contribution < -0.4 is 0 Å². The Labute approximate surface area is 129 Å². The van der Waals surface area contributed by atoms with Crippen molar-refractivity contribution in [2.75, 3.05) is 13.6 Å². The number of benzene rings is 1. The third-order valence-corrected chi connectivity index (χ3v) is 3.90. The molecular formula is C15H14F3N3O2. The molecule has 0 saturated heterocycles. The fraction of sp³-hybridized carbons (Fsp3) is 0.333. The lowest BCUT2D eigenvalue weighted by molar-refractivity contribution is -0.137. The third-order valence-electron chi connectivity index (χ3n) is 3.90. The van der Waals surface area contributed by atoms with E-state index < -0.39 is 23.4 Å². The number of hydrogen-bond donors (Lipinski definition) is 1. The van der Waals surface area contributed by atoms with Crippen LogP contribution in [0.4, 0.5) is 13.2 Å². The summed E-state index contributed by atoms with van der Waals surface area (Å²) in [7, 11) is 1.86. The molecule has 0 unspecified atom stereocenters. The average molecular weight is 325 g/mol. The van der Waals surface area contributed by atoms with Crippen LogP contribution in [0, 0.1) is 17.5 Å². The molecule has 1 N–H and O–H groups in total. The number of hydrogen-bond acceptors (Lipinski definition) is 3. The van der Waals surface area contributed by atoms with E-state index in [4.69, 9.17) is 5.11 Å². The number of likely N-dealkylation sites (N-methyl/N-ethyl adjacent to an activating group) is 1. The molecular weight excluding hydrogens is 311 g/mol. The molecule has 3 rings (SSSR count). The predicted octanol–water partition coefficient (Wildman–Crippen LogP) is 2.04. The van der Waals surface area contributed by atoms with Crippen molar-refractivity contribution >= 4 is 5.97 Å². The van der Waals surface area contributed by atoms with Gasteiger partial charge >= 0.3 is 5.97 Å². The molecule has 0 aliphatic carbocycles. The molecule has 5 nitrogen and oxygen atoms in total. The van der Waals surface area contributed by atoms with Crippen molar-refractivity contribution in [2.24, 2.45) is 0 Å². The molecule has 1 aliphatic heterocycles. The molecule has 2 heterocycles. The van der Waals surface area contributed by atoms with Crippen LogP contribution in [0.25, 0.3) is 11.3 Å². The van der Waals surface area contributed by atoms with E-state index in [0.717, 1.165) is 12.1 Å². The van der Waals surface area contributed by atoms with Crippen molar-refractivity contribution in [2.45, 2.75) is 19.5 Å². The molecule has 0 fully saturated rings. The Morgan fingerprint density at radius 3 is 2.74 bits per heavy atom. The largest absolute Gasteiger partial charge is 0.480 e. The van der Waals surface area contributed by atoms with Crippen molar-refractivity contribution < 1.29 is 23.1 Å². The molecule has 23 heavy (non-hydrogen) atoms. The van der Waals surface area contributed by atoms with Gasteiger partial charge in [-0.15, -0.1) is 0 Å². The maximum absolute atomic E-state index is 14.1. The lowest BCUT2D eigenvalue weighted by atomic mass is 10.0. The van der Waals surface area contributed by atoms with Crippen molar-refractivity contribution in [3.05, 3.63) is 40.8 Å². The van der Waals surface area contributed by atoms with Crippen molar-refractivity contribution in [1.29, 1.82) is 0 Å². The number of nitrogens with zero attached hydrogens (tertiary/aromatic N) is 3. The Morgan fingerprint density at radius 2 is 2.04 bits per heavy atom. The first-order valence-electron chi connectivity index (χ1n) is 7.01. The molecule has 122 valence electrons. The van der Waals surface area contributed by atoms with Crippen molar-refractivity contribution in [3.8, 4) is 11.3 Å². The highest BCUT2D eigenvalue weighted by atomic mass is 19.2. The number of halogens is 3. The van der Waals surface area contributed by atoms with Crippen molar-refractivity contribution in [1.82, 2.24) is 14.7 Å². The topological polar surface area (TPSA) is 58.4 Å². The van der Waals surface area contributed by atoms with Crippen LogP contribution in [-0.4, -0.2) is 39.3 Å². The minimum absolute atomic E-state index is 0.157. The van der Waals surface area contributed by atoms with Gasteiger partial charge in [-0.05, 0) is 19.2 Å². The van der Waals surface area contributed by atoms with E-state index in [1.165, 1.54) is 4.68 Å². The zero-order valence-electron chi connectivity index (χ0n) is 12.3. The van der Waals surface area contributed by atoms with Gasteiger partial charge in [0.15, 0.2) is 17.5 Å². The summed E-state index contributed by atoms with van der Waals surface area (Å²) < 4.78 is 42.0. The van der Waals surface area contributed by atoms with Crippen LogP contribution in [0.3, 0.4) is 0 Å². The van der Waals surface area contributed by atoms with Gasteiger partial charge in [0.1, 0.15) is 12.2 Å². The van der Waals surface area contributed by atoms with E-state index in [9.17, 15) is 18.0 Å². The number of carbonyl (C=O) groups is 1. The van der Waals surface area contributed by atoms with Crippen LogP contribution in [0.15, 0.2) is 12.1 Å². The number of aromatic nitrogens is 2. The zero-order chi connectivity index (χ0) is 16.7.